The van der Waals surface area contributed by atoms with Gasteiger partial charge < -0.3 is 11.1 Å². The smallest absolute Gasteiger partial charge is 0.220 e. The van der Waals surface area contributed by atoms with Gasteiger partial charge in [-0.15, -0.1) is 12.4 Å². The van der Waals surface area contributed by atoms with Crippen LogP contribution in [0.1, 0.15) is 44.6 Å². The normalized spacial score (nSPS) is 21.9. The molecule has 3 nitrogen and oxygen atoms in total. The molecule has 1 fully saturated rings. The number of nitrogens with one attached hydrogen (secondary N) is 1. The molecule has 0 spiro atoms. The van der Waals surface area contributed by atoms with E-state index in [4.69, 9.17) is 5.73 Å². The van der Waals surface area contributed by atoms with Crippen LogP contribution in [0.25, 0.3) is 0 Å². The maximum absolute atomic E-state index is 12.0. The zero-order chi connectivity index (χ0) is 13.7. The summed E-state index contributed by atoms with van der Waals surface area (Å²) in [4.78, 5) is 12.0. The van der Waals surface area contributed by atoms with E-state index in [1.54, 1.807) is 0 Å². The van der Waals surface area contributed by atoms with E-state index in [1.807, 2.05) is 24.3 Å². The average molecular weight is 297 g/mol. The summed E-state index contributed by atoms with van der Waals surface area (Å²) >= 11 is 0. The zero-order valence-corrected chi connectivity index (χ0v) is 12.9. The highest BCUT2D eigenvalue weighted by molar-refractivity contribution is 5.85. The number of nitrogens with two attached hydrogens (primary N) is 1. The Labute approximate surface area is 127 Å². The van der Waals surface area contributed by atoms with Crippen molar-refractivity contribution in [1.82, 2.24) is 5.32 Å². The maximum atomic E-state index is 12.0. The summed E-state index contributed by atoms with van der Waals surface area (Å²) in [5.74, 6) is 0.895. The lowest BCUT2D eigenvalue weighted by molar-refractivity contribution is -0.122. The molecule has 0 bridgehead atoms. The summed E-state index contributed by atoms with van der Waals surface area (Å²) < 4.78 is 0. The lowest BCUT2D eigenvalue weighted by Gasteiger charge is -2.27. The molecular weight excluding hydrogens is 272 g/mol. The molecular formula is C16H25ClN2O. The summed E-state index contributed by atoms with van der Waals surface area (Å²) in [5.41, 5.74) is 7.72. The van der Waals surface area contributed by atoms with E-state index < -0.39 is 0 Å². The third-order valence-electron chi connectivity index (χ3n) is 3.98. The number of rotatable bonds is 4. The fourth-order valence-electron chi connectivity index (χ4n) is 2.88. The predicted molar refractivity (Wildman–Crippen MR) is 86.0 cm³/mol. The van der Waals surface area contributed by atoms with Gasteiger partial charge in [0.25, 0.3) is 0 Å². The lowest BCUT2D eigenvalue weighted by Crippen LogP contribution is -2.38. The highest BCUT2D eigenvalue weighted by Gasteiger charge is 2.20. The summed E-state index contributed by atoms with van der Waals surface area (Å²) in [6.45, 7) is 2.27. The van der Waals surface area contributed by atoms with Gasteiger partial charge in [-0.25, -0.2) is 0 Å². The molecule has 0 radical (unpaired) electrons. The van der Waals surface area contributed by atoms with Gasteiger partial charge in [-0.1, -0.05) is 38.0 Å². The number of para-hydroxylation sites is 1. The second-order valence-electron chi connectivity index (χ2n) is 5.74. The molecule has 2 unspecified atom stereocenters. The Bertz CT molecular complexity index is 436. The number of hydrogen-bond donors (Lipinski definition) is 2. The quantitative estimate of drug-likeness (QED) is 0.838. The molecule has 112 valence electrons. The van der Waals surface area contributed by atoms with Gasteiger partial charge in [-0.2, -0.15) is 0 Å². The van der Waals surface area contributed by atoms with Crippen LogP contribution in [-0.4, -0.2) is 11.9 Å². The van der Waals surface area contributed by atoms with Crippen LogP contribution in [0.2, 0.25) is 0 Å². The first-order valence-corrected chi connectivity index (χ1v) is 7.28. The fraction of sp³-hybridized carbons (Fsp3) is 0.562. The molecule has 1 saturated carbocycles. The van der Waals surface area contributed by atoms with E-state index in [0.29, 0.717) is 12.5 Å². The van der Waals surface area contributed by atoms with Crippen molar-refractivity contribution in [2.24, 2.45) is 5.92 Å². The number of anilines is 1. The fourth-order valence-corrected chi connectivity index (χ4v) is 2.88. The van der Waals surface area contributed by atoms with Crippen LogP contribution in [0.4, 0.5) is 5.69 Å². The Balaban J connectivity index is 0.00000200. The molecule has 0 saturated heterocycles. The van der Waals surface area contributed by atoms with Crippen LogP contribution in [-0.2, 0) is 11.2 Å². The first kappa shape index (κ1) is 16.8. The minimum absolute atomic E-state index is 0. The van der Waals surface area contributed by atoms with Gasteiger partial charge >= 0.3 is 0 Å². The summed E-state index contributed by atoms with van der Waals surface area (Å²) in [6.07, 6.45) is 6.04. The third-order valence-corrected chi connectivity index (χ3v) is 3.98. The van der Waals surface area contributed by atoms with Crippen molar-refractivity contribution < 1.29 is 4.79 Å². The predicted octanol–water partition coefficient (Wildman–Crippen LogP) is 3.32. The SMILES string of the molecule is CC1CCCC(NC(=O)CCc2ccccc2N)C1.Cl. The maximum Gasteiger partial charge on any atom is 0.220 e. The van der Waals surface area contributed by atoms with Crippen molar-refractivity contribution in [3.05, 3.63) is 29.8 Å². The van der Waals surface area contributed by atoms with Crippen molar-refractivity contribution in [2.45, 2.75) is 51.5 Å². The number of hydrogen-bond acceptors (Lipinski definition) is 2. The molecule has 0 aromatic heterocycles. The molecule has 0 aliphatic heterocycles. The second-order valence-corrected chi connectivity index (χ2v) is 5.74. The number of benzene rings is 1. The van der Waals surface area contributed by atoms with Crippen LogP contribution < -0.4 is 11.1 Å². The van der Waals surface area contributed by atoms with Crippen LogP contribution in [0.5, 0.6) is 0 Å². The first-order chi connectivity index (χ1) is 9.15. The van der Waals surface area contributed by atoms with E-state index in [2.05, 4.69) is 12.2 Å². The minimum atomic E-state index is 0. The van der Waals surface area contributed by atoms with E-state index in [9.17, 15) is 4.79 Å². The third kappa shape index (κ3) is 5.04. The molecule has 1 aromatic rings. The molecule has 1 amide bonds. The van der Waals surface area contributed by atoms with Gasteiger partial charge in [0.15, 0.2) is 0 Å². The van der Waals surface area contributed by atoms with Crippen molar-refractivity contribution >= 4 is 24.0 Å². The Morgan fingerprint density at radius 2 is 2.10 bits per heavy atom. The van der Waals surface area contributed by atoms with Crippen LogP contribution >= 0.6 is 12.4 Å². The number of amides is 1. The highest BCUT2D eigenvalue weighted by atomic mass is 35.5. The van der Waals surface area contributed by atoms with Crippen LogP contribution in [0.15, 0.2) is 24.3 Å². The summed E-state index contributed by atoms with van der Waals surface area (Å²) in [6, 6.07) is 8.14. The Kier molecular flexibility index (Phi) is 6.86. The van der Waals surface area contributed by atoms with E-state index in [0.717, 1.165) is 36.4 Å². The minimum Gasteiger partial charge on any atom is -0.399 e. The number of carbonyl (C=O) groups excluding carboxylic acids is 1. The molecule has 1 aliphatic carbocycles. The molecule has 0 heterocycles. The lowest BCUT2D eigenvalue weighted by atomic mass is 9.87. The Morgan fingerprint density at radius 3 is 2.80 bits per heavy atom. The van der Waals surface area contributed by atoms with Crippen molar-refractivity contribution in [3.63, 3.8) is 0 Å². The van der Waals surface area contributed by atoms with Gasteiger partial charge in [-0.05, 0) is 36.8 Å². The number of nitrogen functional groups attached to an aromatic ring is 1. The van der Waals surface area contributed by atoms with E-state index in [-0.39, 0.29) is 18.3 Å². The average Bonchev–Trinajstić information content (AvgIpc) is 2.38. The van der Waals surface area contributed by atoms with Gasteiger partial charge in [-0.3, -0.25) is 4.79 Å². The molecule has 2 rings (SSSR count). The molecule has 3 N–H and O–H groups in total. The topological polar surface area (TPSA) is 55.1 Å². The molecule has 4 heteroatoms. The summed E-state index contributed by atoms with van der Waals surface area (Å²) in [7, 11) is 0. The Morgan fingerprint density at radius 1 is 1.35 bits per heavy atom. The van der Waals surface area contributed by atoms with Gasteiger partial charge in [0, 0.05) is 18.2 Å². The number of halogens is 1. The molecule has 20 heavy (non-hydrogen) atoms. The number of aryl methyl sites for hydroxylation is 1. The Hall–Kier alpha value is -1.22. The van der Waals surface area contributed by atoms with Gasteiger partial charge in [0.05, 0.1) is 0 Å². The molecule has 1 aliphatic rings. The van der Waals surface area contributed by atoms with Gasteiger partial charge in [0.1, 0.15) is 0 Å². The highest BCUT2D eigenvalue weighted by Crippen LogP contribution is 2.23. The molecule has 1 aromatic carbocycles. The second kappa shape index (κ2) is 8.15. The first-order valence-electron chi connectivity index (χ1n) is 7.28. The van der Waals surface area contributed by atoms with Crippen LogP contribution in [0.3, 0.4) is 0 Å². The van der Waals surface area contributed by atoms with E-state index >= 15 is 0 Å². The zero-order valence-electron chi connectivity index (χ0n) is 12.1. The molecule has 2 atom stereocenters. The summed E-state index contributed by atoms with van der Waals surface area (Å²) in [5, 5.41) is 3.16. The monoisotopic (exact) mass is 296 g/mol. The van der Waals surface area contributed by atoms with Crippen LogP contribution in [0, 0.1) is 5.92 Å². The largest absolute Gasteiger partial charge is 0.399 e. The number of carbonyl (C=O) groups is 1. The van der Waals surface area contributed by atoms with Gasteiger partial charge in [0.2, 0.25) is 5.91 Å². The van der Waals surface area contributed by atoms with Crippen molar-refractivity contribution in [2.75, 3.05) is 5.73 Å². The van der Waals surface area contributed by atoms with E-state index in [1.165, 1.54) is 12.8 Å². The van der Waals surface area contributed by atoms with Crippen molar-refractivity contribution in [3.8, 4) is 0 Å². The van der Waals surface area contributed by atoms with Crippen molar-refractivity contribution in [1.29, 1.82) is 0 Å². The standard InChI is InChI=1S/C16H24N2O.ClH/c1-12-5-4-7-14(11-12)18-16(19)10-9-13-6-2-3-8-15(13)17;/h2-3,6,8,12,14H,4-5,7,9-11,17H2,1H3,(H,18,19);1H.